The van der Waals surface area contributed by atoms with Crippen LogP contribution in [0, 0.1) is 0 Å². The molecule has 1 heterocycles. The second-order valence-corrected chi connectivity index (χ2v) is 4.86. The average Bonchev–Trinajstić information content (AvgIpc) is 3.00. The predicted molar refractivity (Wildman–Crippen MR) is 59.8 cm³/mol. The lowest BCUT2D eigenvalue weighted by Crippen LogP contribution is -2.20. The van der Waals surface area contributed by atoms with Crippen molar-refractivity contribution < 1.29 is 22.7 Å². The highest BCUT2D eigenvalue weighted by Gasteiger charge is 2.34. The predicted octanol–water partition coefficient (Wildman–Crippen LogP) is 3.12. The molecule has 0 atom stereocenters. The molecular formula is C10H10BrF3N2O2. The van der Waals surface area contributed by atoms with E-state index in [1.54, 1.807) is 0 Å². The highest BCUT2D eigenvalue weighted by molar-refractivity contribution is 9.10. The molecule has 1 aromatic heterocycles. The molecule has 0 bridgehead atoms. The van der Waals surface area contributed by atoms with Gasteiger partial charge in [0.05, 0.1) is 6.04 Å². The summed E-state index contributed by atoms with van der Waals surface area (Å²) in [7, 11) is 0. The topological polar surface area (TPSA) is 44.1 Å². The van der Waals surface area contributed by atoms with Crippen molar-refractivity contribution in [3.63, 3.8) is 0 Å². The number of alkyl halides is 3. The minimum absolute atomic E-state index is 0.0713. The van der Waals surface area contributed by atoms with E-state index >= 15 is 0 Å². The van der Waals surface area contributed by atoms with Gasteiger partial charge >= 0.3 is 6.18 Å². The highest BCUT2D eigenvalue weighted by Crippen LogP contribution is 2.41. The zero-order chi connectivity index (χ0) is 13.5. The molecule has 0 amide bonds. The fraction of sp³-hybridized carbons (Fsp3) is 0.600. The second kappa shape index (κ2) is 4.56. The third-order valence-corrected chi connectivity index (χ3v) is 3.14. The molecule has 8 heteroatoms. The molecule has 1 fully saturated rings. The van der Waals surface area contributed by atoms with Gasteiger partial charge in [-0.1, -0.05) is 0 Å². The monoisotopic (exact) mass is 326 g/mol. The number of aromatic nitrogens is 2. The SMILES string of the molecule is CC(=O)c1nn(C2CC2)c(Br)c1OCC(F)(F)F. The van der Waals surface area contributed by atoms with E-state index in [-0.39, 0.29) is 17.5 Å². The Hall–Kier alpha value is -1.05. The van der Waals surface area contributed by atoms with E-state index in [4.69, 9.17) is 0 Å². The van der Waals surface area contributed by atoms with Gasteiger partial charge in [-0.3, -0.25) is 9.48 Å². The number of ketones is 1. The maximum absolute atomic E-state index is 12.1. The van der Waals surface area contributed by atoms with Crippen LogP contribution in [0.25, 0.3) is 0 Å². The van der Waals surface area contributed by atoms with E-state index in [0.717, 1.165) is 12.8 Å². The van der Waals surface area contributed by atoms with Crippen molar-refractivity contribution in [3.8, 4) is 5.75 Å². The van der Waals surface area contributed by atoms with Gasteiger partial charge in [-0.25, -0.2) is 0 Å². The molecule has 1 aliphatic rings. The smallest absolute Gasteiger partial charge is 0.422 e. The summed E-state index contributed by atoms with van der Waals surface area (Å²) in [4.78, 5) is 11.3. The molecule has 0 aliphatic heterocycles. The van der Waals surface area contributed by atoms with E-state index in [1.807, 2.05) is 0 Å². The number of ether oxygens (including phenoxy) is 1. The second-order valence-electron chi connectivity index (χ2n) is 4.10. The van der Waals surface area contributed by atoms with Crippen LogP contribution in [0.2, 0.25) is 0 Å². The molecular weight excluding hydrogens is 317 g/mol. The van der Waals surface area contributed by atoms with Crippen LogP contribution in [0.4, 0.5) is 13.2 Å². The van der Waals surface area contributed by atoms with Crippen LogP contribution in [-0.4, -0.2) is 28.3 Å². The van der Waals surface area contributed by atoms with Gasteiger partial charge in [-0.15, -0.1) is 0 Å². The third-order valence-electron chi connectivity index (χ3n) is 2.42. The van der Waals surface area contributed by atoms with Crippen LogP contribution in [0.1, 0.15) is 36.3 Å². The fourth-order valence-corrected chi connectivity index (χ4v) is 2.14. The molecule has 4 nitrogen and oxygen atoms in total. The Morgan fingerprint density at radius 1 is 1.56 bits per heavy atom. The van der Waals surface area contributed by atoms with Gasteiger partial charge < -0.3 is 4.74 Å². The highest BCUT2D eigenvalue weighted by atomic mass is 79.9. The Balaban J connectivity index is 2.28. The molecule has 0 radical (unpaired) electrons. The van der Waals surface area contributed by atoms with Gasteiger partial charge in [0, 0.05) is 6.92 Å². The Kier molecular flexibility index (Phi) is 3.39. The molecule has 1 saturated carbocycles. The van der Waals surface area contributed by atoms with Crippen molar-refractivity contribution in [2.75, 3.05) is 6.61 Å². The van der Waals surface area contributed by atoms with Crippen LogP contribution >= 0.6 is 15.9 Å². The number of halogens is 4. The van der Waals surface area contributed by atoms with Crippen molar-refractivity contribution in [2.45, 2.75) is 32.0 Å². The number of Topliss-reactive ketones (excluding diaryl/α,β-unsaturated/α-hetero) is 1. The van der Waals surface area contributed by atoms with Gasteiger partial charge in [-0.05, 0) is 28.8 Å². The van der Waals surface area contributed by atoms with E-state index in [9.17, 15) is 18.0 Å². The van der Waals surface area contributed by atoms with E-state index in [1.165, 1.54) is 11.6 Å². The number of nitrogens with zero attached hydrogens (tertiary/aromatic N) is 2. The third kappa shape index (κ3) is 2.85. The largest absolute Gasteiger partial charge is 0.479 e. The fourth-order valence-electron chi connectivity index (χ4n) is 1.47. The van der Waals surface area contributed by atoms with Gasteiger partial charge in [0.2, 0.25) is 0 Å². The van der Waals surface area contributed by atoms with Crippen LogP contribution in [0.3, 0.4) is 0 Å². The Labute approximate surface area is 109 Å². The van der Waals surface area contributed by atoms with Crippen LogP contribution < -0.4 is 4.74 Å². The minimum atomic E-state index is -4.45. The van der Waals surface area contributed by atoms with Crippen molar-refractivity contribution in [3.05, 3.63) is 10.3 Å². The minimum Gasteiger partial charge on any atom is -0.479 e. The number of hydrogen-bond donors (Lipinski definition) is 0. The molecule has 0 N–H and O–H groups in total. The zero-order valence-electron chi connectivity index (χ0n) is 9.42. The summed E-state index contributed by atoms with van der Waals surface area (Å²) in [5.74, 6) is -0.556. The Bertz CT molecular complexity index is 480. The Morgan fingerprint density at radius 2 is 2.17 bits per heavy atom. The summed E-state index contributed by atoms with van der Waals surface area (Å²) in [5, 5.41) is 4.00. The number of carbonyl (C=O) groups excluding carboxylic acids is 1. The van der Waals surface area contributed by atoms with Crippen molar-refractivity contribution in [1.82, 2.24) is 9.78 Å². The lowest BCUT2D eigenvalue weighted by Gasteiger charge is -2.08. The lowest BCUT2D eigenvalue weighted by atomic mass is 10.3. The van der Waals surface area contributed by atoms with Crippen molar-refractivity contribution in [2.24, 2.45) is 0 Å². The van der Waals surface area contributed by atoms with Crippen LogP contribution in [0.15, 0.2) is 4.60 Å². The molecule has 1 aliphatic carbocycles. The summed E-state index contributed by atoms with van der Waals surface area (Å²) in [6.45, 7) is -0.200. The van der Waals surface area contributed by atoms with Crippen LogP contribution in [-0.2, 0) is 0 Å². The van der Waals surface area contributed by atoms with Crippen molar-refractivity contribution >= 4 is 21.7 Å². The normalized spacial score (nSPS) is 15.8. The summed E-state index contributed by atoms with van der Waals surface area (Å²) in [5.41, 5.74) is -0.0713. The molecule has 0 saturated heterocycles. The van der Waals surface area contributed by atoms with Gasteiger partial charge in [0.25, 0.3) is 0 Å². The van der Waals surface area contributed by atoms with Crippen LogP contribution in [0.5, 0.6) is 5.75 Å². The van der Waals surface area contributed by atoms with E-state index in [2.05, 4.69) is 25.8 Å². The Morgan fingerprint density at radius 3 is 2.61 bits per heavy atom. The quantitative estimate of drug-likeness (QED) is 0.798. The van der Waals surface area contributed by atoms with Crippen molar-refractivity contribution in [1.29, 1.82) is 0 Å². The first-order chi connectivity index (χ1) is 8.29. The molecule has 0 unspecified atom stereocenters. The van der Waals surface area contributed by atoms with Gasteiger partial charge in [0.15, 0.2) is 23.8 Å². The molecule has 1 aromatic rings. The van der Waals surface area contributed by atoms with Gasteiger partial charge in [-0.2, -0.15) is 18.3 Å². The molecule has 0 spiro atoms. The molecule has 100 valence electrons. The first kappa shape index (κ1) is 13.4. The molecule has 0 aromatic carbocycles. The van der Waals surface area contributed by atoms with E-state index in [0.29, 0.717) is 4.60 Å². The standard InChI is InChI=1S/C10H10BrF3N2O2/c1-5(17)7-8(18-4-10(12,13)14)9(11)16(15-7)6-2-3-6/h6H,2-4H2,1H3. The van der Waals surface area contributed by atoms with E-state index < -0.39 is 18.6 Å². The molecule has 2 rings (SSSR count). The number of hydrogen-bond acceptors (Lipinski definition) is 3. The molecule has 18 heavy (non-hydrogen) atoms. The maximum atomic E-state index is 12.1. The van der Waals surface area contributed by atoms with Gasteiger partial charge in [0.1, 0.15) is 4.60 Å². The number of carbonyl (C=O) groups is 1. The lowest BCUT2D eigenvalue weighted by molar-refractivity contribution is -0.153. The first-order valence-electron chi connectivity index (χ1n) is 5.28. The summed E-state index contributed by atoms with van der Waals surface area (Å²) in [6.07, 6.45) is -2.65. The summed E-state index contributed by atoms with van der Waals surface area (Å²) >= 11 is 3.13. The number of rotatable bonds is 4. The zero-order valence-corrected chi connectivity index (χ0v) is 11.0. The first-order valence-corrected chi connectivity index (χ1v) is 6.07. The average molecular weight is 327 g/mol. The maximum Gasteiger partial charge on any atom is 0.422 e. The summed E-state index contributed by atoms with van der Waals surface area (Å²) in [6, 6.07) is 0.140. The summed E-state index contributed by atoms with van der Waals surface area (Å²) < 4.78 is 42.9.